The monoisotopic (exact) mass is 277 g/mol. The highest BCUT2D eigenvalue weighted by Crippen LogP contribution is 2.47. The first kappa shape index (κ1) is 11.9. The molecule has 1 heterocycles. The molecule has 1 atom stereocenters. The molecule has 86 valence electrons. The van der Waals surface area contributed by atoms with Crippen molar-refractivity contribution in [2.75, 3.05) is 11.9 Å². The Hall–Kier alpha value is -0.620. The van der Waals surface area contributed by atoms with Crippen molar-refractivity contribution in [2.45, 2.75) is 13.0 Å². The number of benzene rings is 1. The Morgan fingerprint density at radius 1 is 1.38 bits per heavy atom. The molecule has 16 heavy (non-hydrogen) atoms. The molecule has 0 amide bonds. The Kier molecular flexibility index (Phi) is 3.49. The van der Waals surface area contributed by atoms with Gasteiger partial charge in [0.2, 0.25) is 0 Å². The number of nitrogens with zero attached hydrogens (tertiary/aromatic N) is 2. The maximum Gasteiger partial charge on any atom is 0.130 e. The molecular formula is C9H9Cl2N3OS. The minimum Gasteiger partial charge on any atom is -0.392 e. The number of hydrogen-bond acceptors (Lipinski definition) is 4. The highest BCUT2D eigenvalue weighted by atomic mass is 35.5. The summed E-state index contributed by atoms with van der Waals surface area (Å²) in [6.45, 7) is 2.08. The number of aliphatic hydroxyl groups is 1. The molecule has 0 aromatic heterocycles. The van der Waals surface area contributed by atoms with Gasteiger partial charge in [0.05, 0.1) is 33.2 Å². The lowest BCUT2D eigenvalue weighted by Crippen LogP contribution is -2.15. The Labute approximate surface area is 106 Å². The molecular weight excluding hydrogens is 269 g/mol. The van der Waals surface area contributed by atoms with Crippen LogP contribution in [0, 0.1) is 0 Å². The average molecular weight is 278 g/mol. The Morgan fingerprint density at radius 2 is 2.06 bits per heavy atom. The first-order valence-corrected chi connectivity index (χ1v) is 6.10. The molecule has 0 radical (unpaired) electrons. The summed E-state index contributed by atoms with van der Waals surface area (Å²) in [6.07, 6.45) is -0.464. The van der Waals surface area contributed by atoms with Crippen LogP contribution in [0.15, 0.2) is 14.8 Å². The molecule has 0 aliphatic carbocycles. The Balaban J connectivity index is 2.39. The van der Waals surface area contributed by atoms with E-state index in [4.69, 9.17) is 23.2 Å². The number of nitrogens with one attached hydrogen (secondary N) is 1. The van der Waals surface area contributed by atoms with E-state index < -0.39 is 6.10 Å². The molecule has 2 N–H and O–H groups in total. The van der Waals surface area contributed by atoms with Crippen LogP contribution in [0.4, 0.5) is 17.1 Å². The highest BCUT2D eigenvalue weighted by Gasteiger charge is 2.18. The van der Waals surface area contributed by atoms with Crippen molar-refractivity contribution in [3.63, 3.8) is 0 Å². The topological polar surface area (TPSA) is 57.0 Å². The van der Waals surface area contributed by atoms with E-state index in [-0.39, 0.29) is 0 Å². The molecule has 0 fully saturated rings. The predicted octanol–water partition coefficient (Wildman–Crippen LogP) is 3.51. The fourth-order valence-electron chi connectivity index (χ4n) is 1.29. The van der Waals surface area contributed by atoms with Crippen LogP contribution in [-0.4, -0.2) is 17.8 Å². The predicted molar refractivity (Wildman–Crippen MR) is 68.2 cm³/mol. The third kappa shape index (κ3) is 2.22. The smallest absolute Gasteiger partial charge is 0.130 e. The van der Waals surface area contributed by atoms with E-state index in [9.17, 15) is 5.11 Å². The van der Waals surface area contributed by atoms with Gasteiger partial charge in [0.1, 0.15) is 11.4 Å². The summed E-state index contributed by atoms with van der Waals surface area (Å²) >= 11 is 13.1. The highest BCUT2D eigenvalue weighted by molar-refractivity contribution is 7.58. The number of anilines is 1. The summed E-state index contributed by atoms with van der Waals surface area (Å²) in [6, 6.07) is 1.62. The minimum atomic E-state index is -0.464. The number of halogens is 2. The van der Waals surface area contributed by atoms with Gasteiger partial charge in [-0.1, -0.05) is 23.2 Å². The summed E-state index contributed by atoms with van der Waals surface area (Å²) in [7, 11) is 0. The maximum absolute atomic E-state index is 9.22. The van der Waals surface area contributed by atoms with Gasteiger partial charge < -0.3 is 10.4 Å². The quantitative estimate of drug-likeness (QED) is 0.902. The standard InChI is InChI=1S/C9H9Cl2N3OS/c1-4(15)3-12-7-5(10)2-6(11)8-9(7)14-16-13-8/h2,4,12,15H,3H2,1H3/t4-/m0/s1. The second kappa shape index (κ2) is 4.71. The number of hydrogen-bond donors (Lipinski definition) is 2. The van der Waals surface area contributed by atoms with Crippen LogP contribution in [0.3, 0.4) is 0 Å². The molecule has 1 aromatic carbocycles. The normalized spacial score (nSPS) is 14.5. The van der Waals surface area contributed by atoms with Gasteiger partial charge in [-0.15, -0.1) is 0 Å². The van der Waals surface area contributed by atoms with Gasteiger partial charge in [0, 0.05) is 6.54 Å². The zero-order chi connectivity index (χ0) is 11.7. The van der Waals surface area contributed by atoms with Crippen LogP contribution in [0.25, 0.3) is 0 Å². The van der Waals surface area contributed by atoms with Crippen LogP contribution >= 0.6 is 23.2 Å². The zero-order valence-corrected chi connectivity index (χ0v) is 10.7. The van der Waals surface area contributed by atoms with Crippen molar-refractivity contribution in [2.24, 2.45) is 8.73 Å². The lowest BCUT2D eigenvalue weighted by atomic mass is 10.2. The third-order valence-corrected chi connectivity index (χ3v) is 3.13. The van der Waals surface area contributed by atoms with Gasteiger partial charge in [-0.05, 0) is 13.0 Å². The summed E-state index contributed by atoms with van der Waals surface area (Å²) in [5.41, 5.74) is 1.93. The van der Waals surface area contributed by atoms with Crippen LogP contribution in [0.5, 0.6) is 0 Å². The van der Waals surface area contributed by atoms with E-state index in [1.807, 2.05) is 0 Å². The van der Waals surface area contributed by atoms with Gasteiger partial charge in [0.15, 0.2) is 0 Å². The minimum absolute atomic E-state index is 0.397. The molecule has 1 aliphatic heterocycles. The molecule has 1 aliphatic rings. The number of rotatable bonds is 3. The van der Waals surface area contributed by atoms with Crippen LogP contribution in [0.2, 0.25) is 10.0 Å². The molecule has 0 unspecified atom stereocenters. The van der Waals surface area contributed by atoms with E-state index in [0.29, 0.717) is 33.7 Å². The first-order chi connectivity index (χ1) is 7.59. The van der Waals surface area contributed by atoms with Gasteiger partial charge in [-0.3, -0.25) is 0 Å². The van der Waals surface area contributed by atoms with Crippen LogP contribution in [-0.2, 0) is 11.4 Å². The molecule has 0 saturated heterocycles. The van der Waals surface area contributed by atoms with Gasteiger partial charge >= 0.3 is 0 Å². The second-order valence-electron chi connectivity index (χ2n) is 3.41. The van der Waals surface area contributed by atoms with Crippen molar-refractivity contribution >= 4 is 51.6 Å². The lowest BCUT2D eigenvalue weighted by molar-refractivity contribution is 0.208. The van der Waals surface area contributed by atoms with E-state index in [0.717, 1.165) is 11.4 Å². The second-order valence-corrected chi connectivity index (χ2v) is 4.75. The van der Waals surface area contributed by atoms with Crippen LogP contribution in [0.1, 0.15) is 6.92 Å². The van der Waals surface area contributed by atoms with Crippen molar-refractivity contribution in [1.82, 2.24) is 0 Å². The molecule has 4 nitrogen and oxygen atoms in total. The van der Waals surface area contributed by atoms with E-state index >= 15 is 0 Å². The van der Waals surface area contributed by atoms with Crippen molar-refractivity contribution in [1.29, 1.82) is 0 Å². The van der Waals surface area contributed by atoms with Gasteiger partial charge in [-0.2, -0.15) is 8.73 Å². The largest absolute Gasteiger partial charge is 0.392 e. The fraction of sp³-hybridized carbons (Fsp3) is 0.333. The summed E-state index contributed by atoms with van der Waals surface area (Å²) in [5.74, 6) is 0. The summed E-state index contributed by atoms with van der Waals surface area (Å²) in [5, 5.41) is 13.2. The molecule has 1 aromatic rings. The third-order valence-electron chi connectivity index (χ3n) is 2.02. The Morgan fingerprint density at radius 3 is 2.75 bits per heavy atom. The molecule has 7 heteroatoms. The SMILES string of the molecule is C[C@H](O)CNc1c(Cl)cc(Cl)c2c1N=S=N2. The van der Waals surface area contributed by atoms with Crippen molar-refractivity contribution < 1.29 is 5.11 Å². The van der Waals surface area contributed by atoms with Crippen molar-refractivity contribution in [3.05, 3.63) is 16.1 Å². The molecule has 2 rings (SSSR count). The zero-order valence-electron chi connectivity index (χ0n) is 8.37. The van der Waals surface area contributed by atoms with E-state index in [2.05, 4.69) is 14.0 Å². The molecule has 0 saturated carbocycles. The van der Waals surface area contributed by atoms with E-state index in [1.54, 1.807) is 13.0 Å². The van der Waals surface area contributed by atoms with Gasteiger partial charge in [-0.25, -0.2) is 0 Å². The van der Waals surface area contributed by atoms with Crippen LogP contribution < -0.4 is 5.32 Å². The summed E-state index contributed by atoms with van der Waals surface area (Å²) < 4.78 is 8.22. The molecule has 0 spiro atoms. The lowest BCUT2D eigenvalue weighted by Gasteiger charge is -2.13. The maximum atomic E-state index is 9.22. The van der Waals surface area contributed by atoms with E-state index in [1.165, 1.54) is 0 Å². The van der Waals surface area contributed by atoms with Crippen molar-refractivity contribution in [3.8, 4) is 0 Å². The van der Waals surface area contributed by atoms with Gasteiger partial charge in [0.25, 0.3) is 0 Å². The number of aliphatic hydroxyl groups excluding tert-OH is 1. The summed E-state index contributed by atoms with van der Waals surface area (Å²) in [4.78, 5) is 0. The Bertz CT molecular complexity index is 498. The molecule has 0 bridgehead atoms. The average Bonchev–Trinajstić information content (AvgIpc) is 2.65. The fourth-order valence-corrected chi connectivity index (χ4v) is 2.47. The number of fused-ring (bicyclic) bond motifs is 1. The first-order valence-electron chi connectivity index (χ1n) is 4.62.